The molecule has 5 nitrogen and oxygen atoms in total. The summed E-state index contributed by atoms with van der Waals surface area (Å²) in [6, 6.07) is 13.7. The Labute approximate surface area is 171 Å². The van der Waals surface area contributed by atoms with Crippen LogP contribution in [0.1, 0.15) is 22.7 Å². The molecule has 1 atom stereocenters. The molecule has 0 radical (unpaired) electrons. The van der Waals surface area contributed by atoms with Crippen LogP contribution in [0.4, 0.5) is 0 Å². The van der Waals surface area contributed by atoms with E-state index in [1.165, 1.54) is 0 Å². The van der Waals surface area contributed by atoms with Crippen molar-refractivity contribution in [1.82, 2.24) is 10.2 Å². The maximum atomic E-state index is 12.4. The first-order valence-electron chi connectivity index (χ1n) is 9.57. The maximum Gasteiger partial charge on any atom is 0.258 e. The van der Waals surface area contributed by atoms with Gasteiger partial charge >= 0.3 is 0 Å². The number of nitrogens with one attached hydrogen (secondary N) is 1. The number of carbonyl (C=O) groups excluding carboxylic acids is 1. The zero-order valence-electron chi connectivity index (χ0n) is 16.4. The van der Waals surface area contributed by atoms with Gasteiger partial charge in [-0.2, -0.15) is 0 Å². The van der Waals surface area contributed by atoms with Gasteiger partial charge in [0, 0.05) is 24.7 Å². The van der Waals surface area contributed by atoms with E-state index >= 15 is 0 Å². The first-order valence-corrected chi connectivity index (χ1v) is 9.95. The molecule has 2 aromatic carbocycles. The van der Waals surface area contributed by atoms with E-state index in [0.29, 0.717) is 30.5 Å². The third kappa shape index (κ3) is 5.71. The molecule has 0 aliphatic carbocycles. The van der Waals surface area contributed by atoms with E-state index in [2.05, 4.69) is 16.3 Å². The van der Waals surface area contributed by atoms with E-state index in [1.807, 2.05) is 50.2 Å². The van der Waals surface area contributed by atoms with Crippen LogP contribution in [0.5, 0.6) is 5.75 Å². The van der Waals surface area contributed by atoms with Crippen LogP contribution in [0.15, 0.2) is 42.5 Å². The van der Waals surface area contributed by atoms with Gasteiger partial charge in [-0.1, -0.05) is 35.9 Å². The molecule has 1 fully saturated rings. The molecule has 1 N–H and O–H groups in total. The standard InChI is InChI=1S/C22H27ClN2O3/c1-16-11-17(2)13-18(12-16)28-15-22(26)24-14-21(25-7-9-27-10-8-25)19-5-3-4-6-20(19)23/h3-6,11-13,21H,7-10,14-15H2,1-2H3,(H,24,26). The van der Waals surface area contributed by atoms with Gasteiger partial charge in [0.05, 0.1) is 19.3 Å². The minimum absolute atomic E-state index is 0.00256. The number of nitrogens with zero attached hydrogens (tertiary/aromatic N) is 1. The molecule has 6 heteroatoms. The number of halogens is 1. The lowest BCUT2D eigenvalue weighted by molar-refractivity contribution is -0.123. The quantitative estimate of drug-likeness (QED) is 0.769. The van der Waals surface area contributed by atoms with Gasteiger partial charge in [0.25, 0.3) is 5.91 Å². The molecular weight excluding hydrogens is 376 g/mol. The van der Waals surface area contributed by atoms with Gasteiger partial charge in [-0.05, 0) is 48.7 Å². The minimum Gasteiger partial charge on any atom is -0.484 e. The molecule has 3 rings (SSSR count). The highest BCUT2D eigenvalue weighted by Gasteiger charge is 2.24. The van der Waals surface area contributed by atoms with Gasteiger partial charge in [0.1, 0.15) is 5.75 Å². The van der Waals surface area contributed by atoms with Crippen molar-refractivity contribution < 1.29 is 14.3 Å². The predicted molar refractivity (Wildman–Crippen MR) is 111 cm³/mol. The second-order valence-corrected chi connectivity index (χ2v) is 7.51. The molecule has 150 valence electrons. The molecule has 28 heavy (non-hydrogen) atoms. The summed E-state index contributed by atoms with van der Waals surface area (Å²) in [5.41, 5.74) is 3.24. The van der Waals surface area contributed by atoms with Crippen LogP contribution < -0.4 is 10.1 Å². The average molecular weight is 403 g/mol. The molecule has 1 aliphatic rings. The summed E-state index contributed by atoms with van der Waals surface area (Å²) in [6.45, 7) is 7.47. The summed E-state index contributed by atoms with van der Waals surface area (Å²) in [7, 11) is 0. The predicted octanol–water partition coefficient (Wildman–Crippen LogP) is 3.53. The van der Waals surface area contributed by atoms with Crippen LogP contribution in [0.3, 0.4) is 0 Å². The fourth-order valence-electron chi connectivity index (χ4n) is 3.50. The summed E-state index contributed by atoms with van der Waals surface area (Å²) in [4.78, 5) is 14.7. The molecule has 0 bridgehead atoms. The molecule has 2 aromatic rings. The molecule has 0 spiro atoms. The highest BCUT2D eigenvalue weighted by atomic mass is 35.5. The molecule has 1 aliphatic heterocycles. The average Bonchev–Trinajstić information content (AvgIpc) is 2.68. The van der Waals surface area contributed by atoms with Crippen molar-refractivity contribution in [3.63, 3.8) is 0 Å². The zero-order valence-corrected chi connectivity index (χ0v) is 17.2. The molecule has 1 saturated heterocycles. The van der Waals surface area contributed by atoms with Crippen LogP contribution in [0.2, 0.25) is 5.02 Å². The highest BCUT2D eigenvalue weighted by Crippen LogP contribution is 2.27. The Hall–Kier alpha value is -2.08. The van der Waals surface area contributed by atoms with Crippen molar-refractivity contribution in [2.45, 2.75) is 19.9 Å². The fourth-order valence-corrected chi connectivity index (χ4v) is 3.76. The molecule has 1 amide bonds. The monoisotopic (exact) mass is 402 g/mol. The molecular formula is C22H27ClN2O3. The summed E-state index contributed by atoms with van der Waals surface area (Å²) in [5, 5.41) is 3.71. The third-order valence-corrected chi connectivity index (χ3v) is 5.15. The number of benzene rings is 2. The first kappa shape index (κ1) is 20.6. The second-order valence-electron chi connectivity index (χ2n) is 7.10. The second kappa shape index (κ2) is 9.92. The summed E-state index contributed by atoms with van der Waals surface area (Å²) < 4.78 is 11.1. The van der Waals surface area contributed by atoms with Crippen LogP contribution >= 0.6 is 11.6 Å². The normalized spacial score (nSPS) is 15.8. The smallest absolute Gasteiger partial charge is 0.258 e. The molecule has 1 unspecified atom stereocenters. The maximum absolute atomic E-state index is 12.4. The third-order valence-electron chi connectivity index (χ3n) is 4.81. The highest BCUT2D eigenvalue weighted by molar-refractivity contribution is 6.31. The Kier molecular flexibility index (Phi) is 7.31. The Morgan fingerprint density at radius 1 is 1.18 bits per heavy atom. The van der Waals surface area contributed by atoms with Crippen LogP contribution in [0, 0.1) is 13.8 Å². The SMILES string of the molecule is Cc1cc(C)cc(OCC(=O)NCC(c2ccccc2Cl)N2CCOCC2)c1. The van der Waals surface area contributed by atoms with Crippen LogP contribution in [0.25, 0.3) is 0 Å². The molecule has 1 heterocycles. The Morgan fingerprint density at radius 2 is 1.86 bits per heavy atom. The van der Waals surface area contributed by atoms with Crippen molar-refractivity contribution >= 4 is 17.5 Å². The van der Waals surface area contributed by atoms with Gasteiger partial charge in [-0.25, -0.2) is 0 Å². The van der Waals surface area contributed by atoms with Crippen molar-refractivity contribution in [2.75, 3.05) is 39.5 Å². The largest absolute Gasteiger partial charge is 0.484 e. The van der Waals surface area contributed by atoms with Crippen LogP contribution in [-0.4, -0.2) is 50.3 Å². The number of rotatable bonds is 7. The number of carbonyl (C=O) groups is 1. The topological polar surface area (TPSA) is 50.8 Å². The number of aryl methyl sites for hydroxylation is 2. The van der Waals surface area contributed by atoms with Gasteiger partial charge in [0.15, 0.2) is 6.61 Å². The van der Waals surface area contributed by atoms with Crippen LogP contribution in [-0.2, 0) is 9.53 Å². The van der Waals surface area contributed by atoms with E-state index in [9.17, 15) is 4.79 Å². The van der Waals surface area contributed by atoms with E-state index in [-0.39, 0.29) is 18.6 Å². The number of hydrogen-bond donors (Lipinski definition) is 1. The Bertz CT molecular complexity index is 786. The summed E-state index contributed by atoms with van der Waals surface area (Å²) >= 11 is 6.43. The number of amides is 1. The lowest BCUT2D eigenvalue weighted by Gasteiger charge is -2.35. The van der Waals surface area contributed by atoms with E-state index in [1.54, 1.807) is 0 Å². The lowest BCUT2D eigenvalue weighted by Crippen LogP contribution is -2.44. The van der Waals surface area contributed by atoms with Gasteiger partial charge in [-0.3, -0.25) is 9.69 Å². The molecule has 0 saturated carbocycles. The lowest BCUT2D eigenvalue weighted by atomic mass is 10.0. The number of ether oxygens (including phenoxy) is 2. The van der Waals surface area contributed by atoms with Gasteiger partial charge in [-0.15, -0.1) is 0 Å². The Morgan fingerprint density at radius 3 is 2.54 bits per heavy atom. The minimum atomic E-state index is -0.149. The van der Waals surface area contributed by atoms with Gasteiger partial charge in [0.2, 0.25) is 0 Å². The van der Waals surface area contributed by atoms with E-state index < -0.39 is 0 Å². The van der Waals surface area contributed by atoms with Crippen molar-refractivity contribution in [1.29, 1.82) is 0 Å². The van der Waals surface area contributed by atoms with Crippen molar-refractivity contribution in [3.05, 3.63) is 64.2 Å². The van der Waals surface area contributed by atoms with Gasteiger partial charge < -0.3 is 14.8 Å². The molecule has 0 aromatic heterocycles. The van der Waals surface area contributed by atoms with E-state index in [0.717, 1.165) is 29.8 Å². The summed E-state index contributed by atoms with van der Waals surface area (Å²) in [5.74, 6) is 0.563. The van der Waals surface area contributed by atoms with E-state index in [4.69, 9.17) is 21.1 Å². The Balaban J connectivity index is 1.61. The first-order chi connectivity index (χ1) is 13.5. The number of morpholine rings is 1. The van der Waals surface area contributed by atoms with Crippen molar-refractivity contribution in [3.8, 4) is 5.75 Å². The van der Waals surface area contributed by atoms with Crippen molar-refractivity contribution in [2.24, 2.45) is 0 Å². The fraction of sp³-hybridized carbons (Fsp3) is 0.409. The number of hydrogen-bond acceptors (Lipinski definition) is 4. The zero-order chi connectivity index (χ0) is 19.9. The summed E-state index contributed by atoms with van der Waals surface area (Å²) in [6.07, 6.45) is 0.